The van der Waals surface area contributed by atoms with E-state index in [0.717, 1.165) is 78.6 Å². The molecule has 4 aliphatic heterocycles. The van der Waals surface area contributed by atoms with Gasteiger partial charge in [-0.2, -0.15) is 0 Å². The number of hydrogen-bond donors (Lipinski definition) is 2. The predicted molar refractivity (Wildman–Crippen MR) is 164 cm³/mol. The van der Waals surface area contributed by atoms with Crippen LogP contribution in [0.3, 0.4) is 0 Å². The molecule has 1 spiro atoms. The summed E-state index contributed by atoms with van der Waals surface area (Å²) in [5.41, 5.74) is 2.32. The summed E-state index contributed by atoms with van der Waals surface area (Å²) >= 11 is 6.29. The molecule has 2 bridgehead atoms. The molecule has 2 N–H and O–H groups in total. The van der Waals surface area contributed by atoms with Gasteiger partial charge >= 0.3 is 0 Å². The van der Waals surface area contributed by atoms with Gasteiger partial charge in [0.1, 0.15) is 5.75 Å². The molecular weight excluding hydrogens is 554 g/mol. The molecule has 1 aliphatic carbocycles. The molecule has 4 saturated heterocycles. The predicted octanol–water partition coefficient (Wildman–Crippen LogP) is 6.69. The highest BCUT2D eigenvalue weighted by Gasteiger charge is 2.69. The van der Waals surface area contributed by atoms with Crippen LogP contribution < -0.4 is 15.4 Å². The number of halogens is 1. The Balaban J connectivity index is 1.00. The first-order valence-electron chi connectivity index (χ1n) is 15.5. The minimum Gasteiger partial charge on any atom is -0.497 e. The van der Waals surface area contributed by atoms with Crippen LogP contribution in [0.2, 0.25) is 5.02 Å². The number of fused-ring (bicyclic) bond motifs is 4. The molecule has 1 saturated carbocycles. The maximum absolute atomic E-state index is 6.75. The van der Waals surface area contributed by atoms with Gasteiger partial charge in [0.2, 0.25) is 5.79 Å². The van der Waals surface area contributed by atoms with Crippen molar-refractivity contribution in [2.45, 2.75) is 76.7 Å². The summed E-state index contributed by atoms with van der Waals surface area (Å²) in [6.45, 7) is 9.11. The van der Waals surface area contributed by atoms with Crippen molar-refractivity contribution < 1.29 is 24.0 Å². The highest BCUT2D eigenvalue weighted by Crippen LogP contribution is 2.60. The van der Waals surface area contributed by atoms with Crippen molar-refractivity contribution in [1.29, 1.82) is 0 Å². The van der Waals surface area contributed by atoms with E-state index in [9.17, 15) is 0 Å². The quantitative estimate of drug-likeness (QED) is 0.169. The van der Waals surface area contributed by atoms with Crippen LogP contribution in [0, 0.1) is 23.7 Å². The van der Waals surface area contributed by atoms with Gasteiger partial charge in [-0.3, -0.25) is 0 Å². The second-order valence-corrected chi connectivity index (χ2v) is 13.4. The number of benzene rings is 2. The zero-order chi connectivity index (χ0) is 29.1. The minimum atomic E-state index is -0.733. The highest BCUT2D eigenvalue weighted by atomic mass is 35.5. The number of hydrogen-bond acceptors (Lipinski definition) is 8. The molecule has 8 atom stereocenters. The zero-order valence-corrected chi connectivity index (χ0v) is 25.7. The van der Waals surface area contributed by atoms with Crippen LogP contribution in [-0.2, 0) is 19.2 Å². The van der Waals surface area contributed by atoms with Crippen LogP contribution in [0.4, 0.5) is 5.69 Å². The van der Waals surface area contributed by atoms with Crippen LogP contribution in [0.5, 0.6) is 5.75 Å². The first-order valence-corrected chi connectivity index (χ1v) is 15.9. The maximum atomic E-state index is 6.75. The fourth-order valence-corrected chi connectivity index (χ4v) is 8.33. The van der Waals surface area contributed by atoms with Crippen LogP contribution >= 0.6 is 11.6 Å². The Morgan fingerprint density at radius 1 is 0.976 bits per heavy atom. The lowest BCUT2D eigenvalue weighted by atomic mass is 9.57. The average molecular weight is 596 g/mol. The van der Waals surface area contributed by atoms with Crippen LogP contribution in [0.1, 0.15) is 52.9 Å². The normalized spacial score (nSPS) is 35.6. The molecule has 8 rings (SSSR count). The molecule has 1 aromatic heterocycles. The standard InChI is InChI=1S/C33H42ClN3O5/c1-19-5-9-26-20(2)29(39-31-33(26)25(19)11-13-32(3,40-31)41-42-33)12-14-35-15-16-36-30-23-8-6-21(34)17-28(23)37-27-10-7-22(38-4)18-24(27)30/h6-8,10,17-20,25-26,29,31,35H,5,9,11-16H2,1-4H3,(H,36,37)/t19-,20-,25+,26+,29-,31-,32-,33-/m1/s1. The first kappa shape index (κ1) is 28.6. The number of aromatic nitrogens is 1. The van der Waals surface area contributed by atoms with Crippen molar-refractivity contribution in [1.82, 2.24) is 10.3 Å². The Labute approximate surface area is 252 Å². The summed E-state index contributed by atoms with van der Waals surface area (Å²) < 4.78 is 18.8. The molecule has 2 aromatic carbocycles. The van der Waals surface area contributed by atoms with Gasteiger partial charge < -0.3 is 24.8 Å². The molecule has 9 heteroatoms. The fourth-order valence-electron chi connectivity index (χ4n) is 8.17. The van der Waals surface area contributed by atoms with Crippen LogP contribution in [0.15, 0.2) is 36.4 Å². The second kappa shape index (κ2) is 11.1. The number of anilines is 1. The van der Waals surface area contributed by atoms with Gasteiger partial charge in [0.05, 0.1) is 29.9 Å². The van der Waals surface area contributed by atoms with Gasteiger partial charge in [-0.1, -0.05) is 25.4 Å². The topological polar surface area (TPSA) is 83.1 Å². The maximum Gasteiger partial charge on any atom is 0.201 e. The van der Waals surface area contributed by atoms with Gasteiger partial charge in [0.25, 0.3) is 0 Å². The van der Waals surface area contributed by atoms with E-state index >= 15 is 0 Å². The molecule has 5 heterocycles. The third-order valence-corrected chi connectivity index (χ3v) is 10.7. The Morgan fingerprint density at radius 3 is 2.71 bits per heavy atom. The lowest BCUT2D eigenvalue weighted by molar-refractivity contribution is -0.571. The number of ether oxygens (including phenoxy) is 3. The number of methoxy groups -OCH3 is 1. The summed E-state index contributed by atoms with van der Waals surface area (Å²) in [5.74, 6) is 1.77. The van der Waals surface area contributed by atoms with E-state index in [-0.39, 0.29) is 12.4 Å². The largest absolute Gasteiger partial charge is 0.497 e. The van der Waals surface area contributed by atoms with E-state index < -0.39 is 11.4 Å². The molecule has 226 valence electrons. The third kappa shape index (κ3) is 4.75. The SMILES string of the molecule is COc1ccc2nc3cc(Cl)ccc3c(NCCNCC[C@H]3O[C@@H]4O[C@@]5(C)CC[C@H]6[C@H](C)CC[C@@H]([C@H]3C)[C@@]46OO5)c2c1. The van der Waals surface area contributed by atoms with Crippen molar-refractivity contribution in [3.8, 4) is 5.75 Å². The number of nitrogens with zero attached hydrogens (tertiary/aromatic N) is 1. The Hall–Kier alpha value is -2.20. The molecule has 0 amide bonds. The van der Waals surface area contributed by atoms with E-state index in [4.69, 9.17) is 40.6 Å². The van der Waals surface area contributed by atoms with Gasteiger partial charge in [-0.05, 0) is 93.3 Å². The third-order valence-electron chi connectivity index (χ3n) is 10.4. The zero-order valence-electron chi connectivity index (χ0n) is 25.0. The van der Waals surface area contributed by atoms with Gasteiger partial charge in [0.15, 0.2) is 11.9 Å². The van der Waals surface area contributed by atoms with Crippen LogP contribution in [-0.4, -0.2) is 55.5 Å². The minimum absolute atomic E-state index is 0.108. The number of rotatable bonds is 8. The summed E-state index contributed by atoms with van der Waals surface area (Å²) in [6.07, 6.45) is 4.90. The summed E-state index contributed by atoms with van der Waals surface area (Å²) in [7, 11) is 1.68. The fraction of sp³-hybridized carbons (Fsp3) is 0.606. The van der Waals surface area contributed by atoms with E-state index in [2.05, 4.69) is 24.5 Å². The molecule has 42 heavy (non-hydrogen) atoms. The van der Waals surface area contributed by atoms with E-state index in [1.54, 1.807) is 7.11 Å². The molecule has 0 radical (unpaired) electrons. The number of nitrogens with one attached hydrogen (secondary N) is 2. The Bertz CT molecular complexity index is 1470. The lowest BCUT2D eigenvalue weighted by Gasteiger charge is -2.60. The molecule has 5 aliphatic rings. The Kier molecular flexibility index (Phi) is 7.52. The number of pyridine rings is 1. The van der Waals surface area contributed by atoms with Crippen molar-refractivity contribution in [3.05, 3.63) is 41.4 Å². The molecule has 0 unspecified atom stereocenters. The van der Waals surface area contributed by atoms with E-state index in [1.165, 1.54) is 6.42 Å². The van der Waals surface area contributed by atoms with Gasteiger partial charge in [0, 0.05) is 41.2 Å². The van der Waals surface area contributed by atoms with Crippen molar-refractivity contribution in [2.75, 3.05) is 32.1 Å². The Morgan fingerprint density at radius 2 is 1.86 bits per heavy atom. The van der Waals surface area contributed by atoms with E-state index in [1.807, 2.05) is 43.3 Å². The van der Waals surface area contributed by atoms with Crippen LogP contribution in [0.25, 0.3) is 21.8 Å². The lowest BCUT2D eigenvalue weighted by Crippen LogP contribution is -2.70. The summed E-state index contributed by atoms with van der Waals surface area (Å²) in [6, 6.07) is 11.8. The first-order chi connectivity index (χ1) is 20.3. The van der Waals surface area contributed by atoms with Gasteiger partial charge in [-0.25, -0.2) is 14.8 Å². The second-order valence-electron chi connectivity index (χ2n) is 12.9. The van der Waals surface area contributed by atoms with Crippen molar-refractivity contribution in [3.63, 3.8) is 0 Å². The summed E-state index contributed by atoms with van der Waals surface area (Å²) in [4.78, 5) is 17.1. The molecule has 5 fully saturated rings. The monoisotopic (exact) mass is 595 g/mol. The highest BCUT2D eigenvalue weighted by molar-refractivity contribution is 6.31. The van der Waals surface area contributed by atoms with E-state index in [0.29, 0.717) is 28.7 Å². The van der Waals surface area contributed by atoms with Gasteiger partial charge in [-0.15, -0.1) is 0 Å². The average Bonchev–Trinajstić information content (AvgIpc) is 3.22. The molecule has 8 nitrogen and oxygen atoms in total. The molecule has 3 aromatic rings. The van der Waals surface area contributed by atoms with Crippen molar-refractivity contribution >= 4 is 39.1 Å². The summed E-state index contributed by atoms with van der Waals surface area (Å²) in [5, 5.41) is 10.0. The van der Waals surface area contributed by atoms with Crippen molar-refractivity contribution in [2.24, 2.45) is 23.7 Å². The smallest absolute Gasteiger partial charge is 0.201 e. The molecular formula is C33H42ClN3O5.